The number of fused-ring (bicyclic) bond motifs is 1. The Morgan fingerprint density at radius 2 is 1.79 bits per heavy atom. The molecular weight excluding hydrogens is 298 g/mol. The molecule has 0 aliphatic carbocycles. The van der Waals surface area contributed by atoms with E-state index < -0.39 is 0 Å². The zero-order valence-electron chi connectivity index (χ0n) is 14.6. The molecule has 4 nitrogen and oxygen atoms in total. The molecule has 2 aromatic rings. The quantitative estimate of drug-likeness (QED) is 0.933. The lowest BCUT2D eigenvalue weighted by Gasteiger charge is -2.18. The van der Waals surface area contributed by atoms with Gasteiger partial charge in [0.1, 0.15) is 0 Å². The van der Waals surface area contributed by atoms with E-state index in [4.69, 9.17) is 0 Å². The number of hydrogen-bond donors (Lipinski definition) is 1. The van der Waals surface area contributed by atoms with Gasteiger partial charge in [0.05, 0.1) is 0 Å². The van der Waals surface area contributed by atoms with Gasteiger partial charge in [-0.25, -0.2) is 4.79 Å². The summed E-state index contributed by atoms with van der Waals surface area (Å²) < 4.78 is 0. The number of anilines is 1. The number of nitrogens with zero attached hydrogens (tertiary/aromatic N) is 2. The highest BCUT2D eigenvalue weighted by atomic mass is 16.2. The topological polar surface area (TPSA) is 35.6 Å². The highest BCUT2D eigenvalue weighted by molar-refractivity contribution is 5.94. The minimum atomic E-state index is -0.0239. The van der Waals surface area contributed by atoms with Crippen LogP contribution in [0, 0.1) is 0 Å². The predicted octanol–water partition coefficient (Wildman–Crippen LogP) is 3.58. The van der Waals surface area contributed by atoms with Crippen molar-refractivity contribution in [3.05, 3.63) is 65.2 Å². The number of nitrogens with one attached hydrogen (secondary N) is 1. The predicted molar refractivity (Wildman–Crippen MR) is 98.3 cm³/mol. The fourth-order valence-electron chi connectivity index (χ4n) is 3.21. The van der Waals surface area contributed by atoms with Gasteiger partial charge < -0.3 is 10.2 Å². The molecule has 1 aliphatic heterocycles. The summed E-state index contributed by atoms with van der Waals surface area (Å²) in [5.41, 5.74) is 4.67. The van der Waals surface area contributed by atoms with E-state index in [1.54, 1.807) is 0 Å². The van der Waals surface area contributed by atoms with Gasteiger partial charge in [-0.15, -0.1) is 0 Å². The Kier molecular flexibility index (Phi) is 4.86. The van der Waals surface area contributed by atoms with E-state index >= 15 is 0 Å². The normalized spacial score (nSPS) is 16.3. The lowest BCUT2D eigenvalue weighted by Crippen LogP contribution is -2.38. The summed E-state index contributed by atoms with van der Waals surface area (Å²) in [5.74, 6) is 0.386. The number of urea groups is 1. The standard InChI is InChI=1S/C20H25N3O/c1-15-13-23(19-7-5-4-6-18(15)19)20(24)21-12-16-8-10-17(11-9-16)14-22(2)3/h4-11,15H,12-14H2,1-3H3,(H,21,24). The fourth-order valence-corrected chi connectivity index (χ4v) is 3.21. The lowest BCUT2D eigenvalue weighted by atomic mass is 10.0. The van der Waals surface area contributed by atoms with Gasteiger partial charge in [-0.05, 0) is 36.9 Å². The summed E-state index contributed by atoms with van der Waals surface area (Å²) in [6.07, 6.45) is 0. The minimum Gasteiger partial charge on any atom is -0.334 e. The van der Waals surface area contributed by atoms with Crippen LogP contribution in [0.2, 0.25) is 0 Å². The molecular formula is C20H25N3O. The highest BCUT2D eigenvalue weighted by Gasteiger charge is 2.29. The van der Waals surface area contributed by atoms with Gasteiger partial charge in [-0.3, -0.25) is 4.90 Å². The van der Waals surface area contributed by atoms with Crippen molar-refractivity contribution < 1.29 is 4.79 Å². The molecule has 0 spiro atoms. The lowest BCUT2D eigenvalue weighted by molar-refractivity contribution is 0.246. The first-order chi connectivity index (χ1) is 11.5. The zero-order chi connectivity index (χ0) is 17.1. The van der Waals surface area contributed by atoms with E-state index in [0.29, 0.717) is 12.5 Å². The van der Waals surface area contributed by atoms with Crippen LogP contribution in [0.1, 0.15) is 29.5 Å². The van der Waals surface area contributed by atoms with Crippen LogP contribution in [0.4, 0.5) is 10.5 Å². The van der Waals surface area contributed by atoms with Gasteiger partial charge >= 0.3 is 6.03 Å². The largest absolute Gasteiger partial charge is 0.334 e. The summed E-state index contributed by atoms with van der Waals surface area (Å²) in [7, 11) is 4.12. The van der Waals surface area contributed by atoms with Crippen molar-refractivity contribution in [2.24, 2.45) is 0 Å². The number of hydrogen-bond acceptors (Lipinski definition) is 2. The van der Waals surface area contributed by atoms with Gasteiger partial charge in [0.2, 0.25) is 0 Å². The maximum absolute atomic E-state index is 12.5. The highest BCUT2D eigenvalue weighted by Crippen LogP contribution is 2.35. The van der Waals surface area contributed by atoms with Crippen LogP contribution >= 0.6 is 0 Å². The van der Waals surface area contributed by atoms with Crippen molar-refractivity contribution in [3.63, 3.8) is 0 Å². The summed E-state index contributed by atoms with van der Waals surface area (Å²) in [6.45, 7) is 4.38. The number of amides is 2. The van der Waals surface area contributed by atoms with Crippen LogP contribution in [0.25, 0.3) is 0 Å². The molecule has 0 saturated heterocycles. The molecule has 126 valence electrons. The third kappa shape index (κ3) is 3.60. The molecule has 4 heteroatoms. The van der Waals surface area contributed by atoms with E-state index in [1.165, 1.54) is 11.1 Å². The second-order valence-electron chi connectivity index (χ2n) is 6.78. The Morgan fingerprint density at radius 1 is 1.12 bits per heavy atom. The number of para-hydroxylation sites is 1. The van der Waals surface area contributed by atoms with E-state index in [9.17, 15) is 4.79 Å². The number of carbonyl (C=O) groups excluding carboxylic acids is 1. The van der Waals surface area contributed by atoms with E-state index in [0.717, 1.165) is 24.3 Å². The Hall–Kier alpha value is -2.33. The van der Waals surface area contributed by atoms with Gasteiger partial charge in [-0.1, -0.05) is 49.4 Å². The van der Waals surface area contributed by atoms with Crippen molar-refractivity contribution in [1.82, 2.24) is 10.2 Å². The van der Waals surface area contributed by atoms with Crippen LogP contribution < -0.4 is 10.2 Å². The molecule has 1 aliphatic rings. The molecule has 2 aromatic carbocycles. The molecule has 1 unspecified atom stereocenters. The van der Waals surface area contributed by atoms with Crippen LogP contribution in [0.15, 0.2) is 48.5 Å². The first-order valence-corrected chi connectivity index (χ1v) is 8.41. The van der Waals surface area contributed by atoms with E-state index in [1.807, 2.05) is 23.1 Å². The average Bonchev–Trinajstić information content (AvgIpc) is 2.91. The molecule has 3 rings (SSSR count). The average molecular weight is 323 g/mol. The zero-order valence-corrected chi connectivity index (χ0v) is 14.6. The SMILES string of the molecule is CC1CN(C(=O)NCc2ccc(CN(C)C)cc2)c2ccccc21. The van der Waals surface area contributed by atoms with Gasteiger partial charge in [0.25, 0.3) is 0 Å². The van der Waals surface area contributed by atoms with Gasteiger partial charge in [-0.2, -0.15) is 0 Å². The third-order valence-electron chi connectivity index (χ3n) is 4.43. The van der Waals surface area contributed by atoms with Crippen LogP contribution in [0.3, 0.4) is 0 Å². The van der Waals surface area contributed by atoms with Crippen molar-refractivity contribution in [3.8, 4) is 0 Å². The maximum atomic E-state index is 12.5. The minimum absolute atomic E-state index is 0.0239. The number of rotatable bonds is 4. The first kappa shape index (κ1) is 16.5. The molecule has 0 saturated carbocycles. The fraction of sp³-hybridized carbons (Fsp3) is 0.350. The molecule has 24 heavy (non-hydrogen) atoms. The van der Waals surface area contributed by atoms with Crippen LogP contribution in [0.5, 0.6) is 0 Å². The number of benzene rings is 2. The molecule has 0 aromatic heterocycles. The van der Waals surface area contributed by atoms with Crippen molar-refractivity contribution in [1.29, 1.82) is 0 Å². The second kappa shape index (κ2) is 7.05. The van der Waals surface area contributed by atoms with Crippen molar-refractivity contribution in [2.45, 2.75) is 25.9 Å². The summed E-state index contributed by atoms with van der Waals surface area (Å²) >= 11 is 0. The van der Waals surface area contributed by atoms with Crippen LogP contribution in [-0.4, -0.2) is 31.6 Å². The Balaban J connectivity index is 1.60. The first-order valence-electron chi connectivity index (χ1n) is 8.41. The molecule has 1 atom stereocenters. The Labute approximate surface area is 144 Å². The molecule has 0 bridgehead atoms. The van der Waals surface area contributed by atoms with E-state index in [2.05, 4.69) is 61.6 Å². The Morgan fingerprint density at radius 3 is 2.50 bits per heavy atom. The smallest absolute Gasteiger partial charge is 0.322 e. The van der Waals surface area contributed by atoms with Crippen LogP contribution in [-0.2, 0) is 13.1 Å². The van der Waals surface area contributed by atoms with Gasteiger partial charge in [0.15, 0.2) is 0 Å². The Bertz CT molecular complexity index is 709. The van der Waals surface area contributed by atoms with Crippen molar-refractivity contribution >= 4 is 11.7 Å². The van der Waals surface area contributed by atoms with E-state index in [-0.39, 0.29) is 6.03 Å². The number of carbonyl (C=O) groups is 1. The van der Waals surface area contributed by atoms with Crippen molar-refractivity contribution in [2.75, 3.05) is 25.5 Å². The summed E-state index contributed by atoms with van der Waals surface area (Å²) in [6, 6.07) is 16.5. The summed E-state index contributed by atoms with van der Waals surface area (Å²) in [4.78, 5) is 16.5. The molecule has 0 radical (unpaired) electrons. The van der Waals surface area contributed by atoms with Gasteiger partial charge in [0, 0.05) is 31.2 Å². The molecule has 2 amide bonds. The molecule has 1 N–H and O–H groups in total. The third-order valence-corrected chi connectivity index (χ3v) is 4.43. The molecule has 0 fully saturated rings. The molecule has 1 heterocycles. The monoisotopic (exact) mass is 323 g/mol. The summed E-state index contributed by atoms with van der Waals surface area (Å²) in [5, 5.41) is 3.04. The maximum Gasteiger partial charge on any atom is 0.322 e. The second-order valence-corrected chi connectivity index (χ2v) is 6.78.